The Hall–Kier alpha value is -1.49. The van der Waals surface area contributed by atoms with Crippen molar-refractivity contribution < 1.29 is 4.74 Å². The molecule has 0 aliphatic rings. The van der Waals surface area contributed by atoms with Crippen molar-refractivity contribution in [3.63, 3.8) is 0 Å². The molecule has 0 aliphatic heterocycles. The summed E-state index contributed by atoms with van der Waals surface area (Å²) in [7, 11) is 1.64. The van der Waals surface area contributed by atoms with Crippen molar-refractivity contribution in [2.24, 2.45) is 0 Å². The molecule has 0 saturated carbocycles. The van der Waals surface area contributed by atoms with Gasteiger partial charge in [-0.05, 0) is 37.1 Å². The average molecular weight is 161 g/mol. The number of hydrogen-bond donors (Lipinski definition) is 0. The summed E-state index contributed by atoms with van der Waals surface area (Å²) >= 11 is 0. The van der Waals surface area contributed by atoms with Crippen molar-refractivity contribution in [3.8, 4) is 11.8 Å². The lowest BCUT2D eigenvalue weighted by atomic mass is 10.1. The Bertz CT molecular complexity index is 313. The van der Waals surface area contributed by atoms with Gasteiger partial charge in [-0.3, -0.25) is 0 Å². The monoisotopic (exact) mass is 161 g/mol. The third-order valence-electron chi connectivity index (χ3n) is 1.79. The molecule has 2 heteroatoms. The van der Waals surface area contributed by atoms with E-state index in [1.54, 1.807) is 7.11 Å². The minimum atomic E-state index is 0.686. The van der Waals surface area contributed by atoms with E-state index in [1.165, 1.54) is 0 Å². The van der Waals surface area contributed by atoms with Crippen LogP contribution in [0.2, 0.25) is 0 Å². The van der Waals surface area contributed by atoms with Crippen molar-refractivity contribution in [3.05, 3.63) is 28.8 Å². The molecular weight excluding hydrogens is 150 g/mol. The zero-order chi connectivity index (χ0) is 9.14. The Morgan fingerprint density at radius 1 is 1.25 bits per heavy atom. The molecule has 2 nitrogen and oxygen atoms in total. The summed E-state index contributed by atoms with van der Waals surface area (Å²) in [5.41, 5.74) is 2.70. The van der Waals surface area contributed by atoms with Gasteiger partial charge in [0.05, 0.1) is 18.7 Å². The van der Waals surface area contributed by atoms with Gasteiger partial charge in [-0.2, -0.15) is 5.26 Å². The minimum Gasteiger partial charge on any atom is -0.496 e. The van der Waals surface area contributed by atoms with E-state index in [1.807, 2.05) is 26.0 Å². The van der Waals surface area contributed by atoms with Crippen molar-refractivity contribution >= 4 is 0 Å². The number of methoxy groups -OCH3 is 1. The predicted molar refractivity (Wildman–Crippen MR) is 47.2 cm³/mol. The number of nitriles is 1. The largest absolute Gasteiger partial charge is 0.496 e. The fraction of sp³-hybridized carbons (Fsp3) is 0.300. The molecule has 0 spiro atoms. The van der Waals surface area contributed by atoms with E-state index < -0.39 is 0 Å². The number of ether oxygens (including phenoxy) is 1. The summed E-state index contributed by atoms with van der Waals surface area (Å²) in [5, 5.41) is 8.66. The van der Waals surface area contributed by atoms with Gasteiger partial charge >= 0.3 is 0 Å². The van der Waals surface area contributed by atoms with Crippen LogP contribution in [0, 0.1) is 25.2 Å². The summed E-state index contributed by atoms with van der Waals surface area (Å²) in [6.07, 6.45) is 0. The fourth-order valence-electron chi connectivity index (χ4n) is 1.34. The molecule has 0 heterocycles. The topological polar surface area (TPSA) is 33.0 Å². The molecule has 0 unspecified atom stereocenters. The molecule has 1 rings (SSSR count). The summed E-state index contributed by atoms with van der Waals surface area (Å²) in [4.78, 5) is 0. The molecule has 1 aromatic rings. The molecule has 62 valence electrons. The van der Waals surface area contributed by atoms with Gasteiger partial charge in [-0.15, -0.1) is 0 Å². The maximum absolute atomic E-state index is 8.66. The number of benzene rings is 1. The lowest BCUT2D eigenvalue weighted by Gasteiger charge is -2.07. The Morgan fingerprint density at radius 2 is 1.75 bits per heavy atom. The van der Waals surface area contributed by atoms with Crippen LogP contribution in [0.25, 0.3) is 0 Å². The number of aryl methyl sites for hydroxylation is 2. The maximum atomic E-state index is 8.66. The molecule has 1 aromatic carbocycles. The Kier molecular flexibility index (Phi) is 2.35. The SMILES string of the molecule is COc1c(C)cc(C#N)cc1C. The molecule has 0 aromatic heterocycles. The molecule has 0 aliphatic carbocycles. The highest BCUT2D eigenvalue weighted by atomic mass is 16.5. The third kappa shape index (κ3) is 1.40. The van der Waals surface area contributed by atoms with Crippen molar-refractivity contribution in [2.45, 2.75) is 13.8 Å². The first-order valence-electron chi connectivity index (χ1n) is 3.74. The Labute approximate surface area is 72.4 Å². The van der Waals surface area contributed by atoms with Gasteiger partial charge < -0.3 is 4.74 Å². The fourth-order valence-corrected chi connectivity index (χ4v) is 1.34. The lowest BCUT2D eigenvalue weighted by Crippen LogP contribution is -1.91. The van der Waals surface area contributed by atoms with Gasteiger partial charge in [-0.1, -0.05) is 0 Å². The minimum absolute atomic E-state index is 0.686. The molecule has 0 amide bonds. The second kappa shape index (κ2) is 3.27. The number of hydrogen-bond acceptors (Lipinski definition) is 2. The van der Waals surface area contributed by atoms with Gasteiger partial charge in [0.1, 0.15) is 5.75 Å². The highest BCUT2D eigenvalue weighted by Gasteiger charge is 2.03. The predicted octanol–water partition coefficient (Wildman–Crippen LogP) is 2.18. The summed E-state index contributed by atoms with van der Waals surface area (Å²) in [6.45, 7) is 3.87. The number of rotatable bonds is 1. The Morgan fingerprint density at radius 3 is 2.08 bits per heavy atom. The molecule has 12 heavy (non-hydrogen) atoms. The molecule has 0 bridgehead atoms. The van der Waals surface area contributed by atoms with E-state index in [2.05, 4.69) is 6.07 Å². The molecule has 0 fully saturated rings. The van der Waals surface area contributed by atoms with Gasteiger partial charge in [-0.25, -0.2) is 0 Å². The molecular formula is C10H11NO. The van der Waals surface area contributed by atoms with Crippen LogP contribution in [0.5, 0.6) is 5.75 Å². The molecule has 0 radical (unpaired) electrons. The first-order chi connectivity index (χ1) is 5.69. The van der Waals surface area contributed by atoms with Crippen molar-refractivity contribution in [2.75, 3.05) is 7.11 Å². The van der Waals surface area contributed by atoms with E-state index in [-0.39, 0.29) is 0 Å². The van der Waals surface area contributed by atoms with Crippen molar-refractivity contribution in [1.29, 1.82) is 5.26 Å². The summed E-state index contributed by atoms with van der Waals surface area (Å²) < 4.78 is 5.17. The van der Waals surface area contributed by atoms with E-state index in [9.17, 15) is 0 Å². The maximum Gasteiger partial charge on any atom is 0.124 e. The van der Waals surface area contributed by atoms with Crippen LogP contribution < -0.4 is 4.74 Å². The van der Waals surface area contributed by atoms with Gasteiger partial charge in [0, 0.05) is 0 Å². The normalized spacial score (nSPS) is 9.17. The molecule has 0 saturated heterocycles. The first kappa shape index (κ1) is 8.61. The van der Waals surface area contributed by atoms with Crippen LogP contribution in [0.15, 0.2) is 12.1 Å². The van der Waals surface area contributed by atoms with Crippen LogP contribution in [0.3, 0.4) is 0 Å². The first-order valence-corrected chi connectivity index (χ1v) is 3.74. The third-order valence-corrected chi connectivity index (χ3v) is 1.79. The van der Waals surface area contributed by atoms with Crippen LogP contribution in [-0.4, -0.2) is 7.11 Å². The van der Waals surface area contributed by atoms with Crippen molar-refractivity contribution in [1.82, 2.24) is 0 Å². The Balaban J connectivity index is 3.30. The summed E-state index contributed by atoms with van der Waals surface area (Å²) in [5.74, 6) is 0.869. The van der Waals surface area contributed by atoms with E-state index in [4.69, 9.17) is 10.00 Å². The number of nitrogens with zero attached hydrogens (tertiary/aromatic N) is 1. The zero-order valence-corrected chi connectivity index (χ0v) is 7.51. The van der Waals surface area contributed by atoms with Crippen LogP contribution in [-0.2, 0) is 0 Å². The highest BCUT2D eigenvalue weighted by molar-refractivity contribution is 5.46. The van der Waals surface area contributed by atoms with E-state index >= 15 is 0 Å². The van der Waals surface area contributed by atoms with E-state index in [0.717, 1.165) is 16.9 Å². The molecule has 0 atom stereocenters. The van der Waals surface area contributed by atoms with Gasteiger partial charge in [0.2, 0.25) is 0 Å². The summed E-state index contributed by atoms with van der Waals surface area (Å²) in [6, 6.07) is 5.75. The highest BCUT2D eigenvalue weighted by Crippen LogP contribution is 2.23. The van der Waals surface area contributed by atoms with E-state index in [0.29, 0.717) is 5.56 Å². The van der Waals surface area contributed by atoms with Crippen LogP contribution in [0.4, 0.5) is 0 Å². The van der Waals surface area contributed by atoms with Gasteiger partial charge in [0.25, 0.3) is 0 Å². The second-order valence-electron chi connectivity index (χ2n) is 2.76. The second-order valence-corrected chi connectivity index (χ2v) is 2.76. The van der Waals surface area contributed by atoms with Crippen LogP contribution >= 0.6 is 0 Å². The molecule has 0 N–H and O–H groups in total. The zero-order valence-electron chi connectivity index (χ0n) is 7.51. The lowest BCUT2D eigenvalue weighted by molar-refractivity contribution is 0.408. The quantitative estimate of drug-likeness (QED) is 0.632. The van der Waals surface area contributed by atoms with Gasteiger partial charge in [0.15, 0.2) is 0 Å². The smallest absolute Gasteiger partial charge is 0.124 e. The van der Waals surface area contributed by atoms with Crippen LogP contribution in [0.1, 0.15) is 16.7 Å². The average Bonchev–Trinajstić information content (AvgIpc) is 2.03. The standard InChI is InChI=1S/C10H11NO/c1-7-4-9(6-11)5-8(2)10(7)12-3/h4-5H,1-3H3.